The molecular formula is C9H20O2. The molecule has 0 aliphatic heterocycles. The molecule has 11 heavy (non-hydrogen) atoms. The lowest BCUT2D eigenvalue weighted by molar-refractivity contribution is -0.0505. The molecule has 0 saturated carbocycles. The van der Waals surface area contributed by atoms with Crippen LogP contribution in [0.5, 0.6) is 0 Å². The highest BCUT2D eigenvalue weighted by molar-refractivity contribution is 4.61. The van der Waals surface area contributed by atoms with Gasteiger partial charge in [0.2, 0.25) is 0 Å². The van der Waals surface area contributed by atoms with Gasteiger partial charge in [0.15, 0.2) is 0 Å². The van der Waals surface area contributed by atoms with Gasteiger partial charge in [-0.1, -0.05) is 13.3 Å². The van der Waals surface area contributed by atoms with Crippen LogP contribution in [-0.4, -0.2) is 23.4 Å². The lowest BCUT2D eigenvalue weighted by Crippen LogP contribution is -2.25. The first-order chi connectivity index (χ1) is 4.95. The standard InChI is InChI=1S/C9H20O2/c1-5-6-8(10)7-11-9(2,3)4/h8,10H,5-7H2,1-4H3/t8-/m0/s1. The summed E-state index contributed by atoms with van der Waals surface area (Å²) < 4.78 is 5.39. The van der Waals surface area contributed by atoms with Crippen LogP contribution in [0.25, 0.3) is 0 Å². The van der Waals surface area contributed by atoms with E-state index < -0.39 is 0 Å². The first-order valence-electron chi connectivity index (χ1n) is 4.27. The van der Waals surface area contributed by atoms with Gasteiger partial charge in [0.05, 0.1) is 18.3 Å². The minimum atomic E-state index is -0.292. The third kappa shape index (κ3) is 7.82. The zero-order valence-electron chi connectivity index (χ0n) is 8.05. The molecule has 0 rings (SSSR count). The first kappa shape index (κ1) is 10.9. The summed E-state index contributed by atoms with van der Waals surface area (Å²) in [7, 11) is 0. The Kier molecular flexibility index (Phi) is 4.69. The Morgan fingerprint density at radius 3 is 2.27 bits per heavy atom. The minimum Gasteiger partial charge on any atom is -0.391 e. The van der Waals surface area contributed by atoms with Gasteiger partial charge < -0.3 is 9.84 Å². The van der Waals surface area contributed by atoms with E-state index in [1.807, 2.05) is 20.8 Å². The van der Waals surface area contributed by atoms with Crippen LogP contribution in [0, 0.1) is 0 Å². The molecular weight excluding hydrogens is 140 g/mol. The molecule has 1 atom stereocenters. The predicted octanol–water partition coefficient (Wildman–Crippen LogP) is 1.96. The number of hydrogen-bond donors (Lipinski definition) is 1. The summed E-state index contributed by atoms with van der Waals surface area (Å²) in [6.45, 7) is 8.49. The van der Waals surface area contributed by atoms with Crippen LogP contribution in [0.1, 0.15) is 40.5 Å². The molecule has 0 aliphatic carbocycles. The quantitative estimate of drug-likeness (QED) is 0.681. The van der Waals surface area contributed by atoms with Crippen molar-refractivity contribution < 1.29 is 9.84 Å². The van der Waals surface area contributed by atoms with Crippen molar-refractivity contribution in [1.29, 1.82) is 0 Å². The summed E-state index contributed by atoms with van der Waals surface area (Å²) in [6.07, 6.45) is 1.55. The molecule has 1 N–H and O–H groups in total. The maximum Gasteiger partial charge on any atom is 0.0773 e. The molecule has 0 aromatic carbocycles. The van der Waals surface area contributed by atoms with Crippen molar-refractivity contribution in [3.8, 4) is 0 Å². The van der Waals surface area contributed by atoms with Crippen molar-refractivity contribution in [2.75, 3.05) is 6.61 Å². The van der Waals surface area contributed by atoms with Crippen molar-refractivity contribution in [3.05, 3.63) is 0 Å². The number of hydrogen-bond acceptors (Lipinski definition) is 2. The Morgan fingerprint density at radius 2 is 1.91 bits per heavy atom. The molecule has 0 heterocycles. The minimum absolute atomic E-state index is 0.130. The van der Waals surface area contributed by atoms with Crippen molar-refractivity contribution >= 4 is 0 Å². The van der Waals surface area contributed by atoms with E-state index in [0.29, 0.717) is 6.61 Å². The molecule has 0 spiro atoms. The number of aliphatic hydroxyl groups is 1. The fourth-order valence-electron chi connectivity index (χ4n) is 0.763. The Labute approximate surface area is 69.6 Å². The van der Waals surface area contributed by atoms with Crippen LogP contribution in [0.3, 0.4) is 0 Å². The summed E-state index contributed by atoms with van der Waals surface area (Å²) >= 11 is 0. The van der Waals surface area contributed by atoms with E-state index in [1.165, 1.54) is 0 Å². The summed E-state index contributed by atoms with van der Waals surface area (Å²) in [6, 6.07) is 0. The van der Waals surface area contributed by atoms with E-state index in [-0.39, 0.29) is 11.7 Å². The van der Waals surface area contributed by atoms with Gasteiger partial charge in [-0.25, -0.2) is 0 Å². The van der Waals surface area contributed by atoms with Crippen LogP contribution in [-0.2, 0) is 4.74 Å². The van der Waals surface area contributed by atoms with E-state index >= 15 is 0 Å². The monoisotopic (exact) mass is 160 g/mol. The summed E-state index contributed by atoms with van der Waals surface area (Å²) in [5.41, 5.74) is -0.130. The van der Waals surface area contributed by atoms with Gasteiger partial charge in [0.25, 0.3) is 0 Å². The zero-order valence-corrected chi connectivity index (χ0v) is 8.05. The molecule has 0 amide bonds. The second-order valence-corrected chi connectivity index (χ2v) is 3.87. The van der Waals surface area contributed by atoms with Crippen molar-refractivity contribution in [2.45, 2.75) is 52.2 Å². The second kappa shape index (κ2) is 4.73. The van der Waals surface area contributed by atoms with E-state index in [4.69, 9.17) is 4.74 Å². The van der Waals surface area contributed by atoms with Crippen LogP contribution < -0.4 is 0 Å². The van der Waals surface area contributed by atoms with Crippen molar-refractivity contribution in [3.63, 3.8) is 0 Å². The van der Waals surface area contributed by atoms with Crippen LogP contribution in [0.15, 0.2) is 0 Å². The Bertz CT molecular complexity index is 94.2. The number of ether oxygens (including phenoxy) is 1. The lowest BCUT2D eigenvalue weighted by atomic mass is 10.2. The Balaban J connectivity index is 3.38. The molecule has 0 fully saturated rings. The van der Waals surface area contributed by atoms with Gasteiger partial charge in [0, 0.05) is 0 Å². The van der Waals surface area contributed by atoms with E-state index in [9.17, 15) is 5.11 Å². The van der Waals surface area contributed by atoms with Crippen LogP contribution >= 0.6 is 0 Å². The smallest absolute Gasteiger partial charge is 0.0773 e. The topological polar surface area (TPSA) is 29.5 Å². The maximum atomic E-state index is 9.29. The predicted molar refractivity (Wildman–Crippen MR) is 46.6 cm³/mol. The molecule has 0 radical (unpaired) electrons. The maximum absolute atomic E-state index is 9.29. The molecule has 0 saturated heterocycles. The second-order valence-electron chi connectivity index (χ2n) is 3.87. The normalized spacial score (nSPS) is 15.0. The van der Waals surface area contributed by atoms with Gasteiger partial charge in [0.1, 0.15) is 0 Å². The molecule has 68 valence electrons. The first-order valence-corrected chi connectivity index (χ1v) is 4.27. The van der Waals surface area contributed by atoms with E-state index in [0.717, 1.165) is 12.8 Å². The number of rotatable bonds is 4. The third-order valence-corrected chi connectivity index (χ3v) is 1.33. The van der Waals surface area contributed by atoms with Crippen LogP contribution in [0.2, 0.25) is 0 Å². The van der Waals surface area contributed by atoms with Gasteiger partial charge in [-0.3, -0.25) is 0 Å². The van der Waals surface area contributed by atoms with E-state index in [2.05, 4.69) is 6.92 Å². The average molecular weight is 160 g/mol. The van der Waals surface area contributed by atoms with Crippen LogP contribution in [0.4, 0.5) is 0 Å². The lowest BCUT2D eigenvalue weighted by Gasteiger charge is -2.21. The summed E-state index contributed by atoms with van der Waals surface area (Å²) in [5.74, 6) is 0. The average Bonchev–Trinajstić information content (AvgIpc) is 1.83. The highest BCUT2D eigenvalue weighted by Crippen LogP contribution is 2.08. The van der Waals surface area contributed by atoms with Gasteiger partial charge in [-0.2, -0.15) is 0 Å². The molecule has 0 aromatic heterocycles. The molecule has 0 bridgehead atoms. The highest BCUT2D eigenvalue weighted by Gasteiger charge is 2.12. The number of aliphatic hydroxyl groups excluding tert-OH is 1. The fraction of sp³-hybridized carbons (Fsp3) is 1.00. The summed E-state index contributed by atoms with van der Waals surface area (Å²) in [4.78, 5) is 0. The molecule has 2 heteroatoms. The largest absolute Gasteiger partial charge is 0.391 e. The Hall–Kier alpha value is -0.0800. The summed E-state index contributed by atoms with van der Waals surface area (Å²) in [5, 5.41) is 9.29. The SMILES string of the molecule is CCC[C@H](O)COC(C)(C)C. The molecule has 0 aliphatic rings. The van der Waals surface area contributed by atoms with Crippen molar-refractivity contribution in [2.24, 2.45) is 0 Å². The third-order valence-electron chi connectivity index (χ3n) is 1.33. The van der Waals surface area contributed by atoms with Crippen molar-refractivity contribution in [1.82, 2.24) is 0 Å². The molecule has 2 nitrogen and oxygen atoms in total. The fourth-order valence-corrected chi connectivity index (χ4v) is 0.763. The Morgan fingerprint density at radius 1 is 1.36 bits per heavy atom. The van der Waals surface area contributed by atoms with Gasteiger partial charge in [-0.05, 0) is 27.2 Å². The van der Waals surface area contributed by atoms with E-state index in [1.54, 1.807) is 0 Å². The zero-order chi connectivity index (χ0) is 8.91. The molecule has 0 unspecified atom stereocenters. The molecule has 0 aromatic rings. The van der Waals surface area contributed by atoms with Gasteiger partial charge >= 0.3 is 0 Å². The van der Waals surface area contributed by atoms with Gasteiger partial charge in [-0.15, -0.1) is 0 Å². The highest BCUT2D eigenvalue weighted by atomic mass is 16.5.